The number of methoxy groups -OCH3 is 1. The third-order valence-electron chi connectivity index (χ3n) is 4.46. The van der Waals surface area contributed by atoms with Crippen LogP contribution in [0.5, 0.6) is 5.75 Å². The van der Waals surface area contributed by atoms with Gasteiger partial charge in [-0.25, -0.2) is 4.98 Å². The molecule has 0 aliphatic rings. The first-order valence-electron chi connectivity index (χ1n) is 8.74. The fraction of sp³-hybridized carbons (Fsp3) is 0.526. The molecule has 1 aromatic heterocycles. The molecule has 0 radical (unpaired) electrons. The van der Waals surface area contributed by atoms with E-state index in [0.717, 1.165) is 0 Å². The number of hydrogen-bond donors (Lipinski definition) is 0. The number of ether oxygens (including phenoxy) is 1. The lowest BCUT2D eigenvalue weighted by molar-refractivity contribution is -0.360. The minimum absolute atomic E-state index is 0.0863. The highest BCUT2D eigenvalue weighted by molar-refractivity contribution is 5.85. The van der Waals surface area contributed by atoms with Crippen LogP contribution in [0.15, 0.2) is 18.2 Å². The molecule has 0 aliphatic heterocycles. The standard InChI is InChI=1S/C19H20F7NO/c1-4-6-12-13(7-5-2)16(17(20,21)18(22,23)19(24,25)26)27-15-9-8-11(28-3)10-14(12)15/h8-10H,4-7H2,1-3H3. The molecule has 0 atom stereocenters. The molecule has 0 saturated heterocycles. The van der Waals surface area contributed by atoms with E-state index in [2.05, 4.69) is 4.98 Å². The number of pyridine rings is 1. The molecule has 0 spiro atoms. The second-order valence-electron chi connectivity index (χ2n) is 6.45. The van der Waals surface area contributed by atoms with Crippen LogP contribution in [0, 0.1) is 0 Å². The van der Waals surface area contributed by atoms with E-state index in [1.807, 2.05) is 0 Å². The van der Waals surface area contributed by atoms with Gasteiger partial charge in [0.1, 0.15) is 11.4 Å². The number of fused-ring (bicyclic) bond motifs is 1. The molecule has 2 rings (SSSR count). The van der Waals surface area contributed by atoms with Gasteiger partial charge in [-0.2, -0.15) is 30.7 Å². The van der Waals surface area contributed by atoms with Gasteiger partial charge >= 0.3 is 18.0 Å². The van der Waals surface area contributed by atoms with Crippen LogP contribution in [0.2, 0.25) is 0 Å². The third kappa shape index (κ3) is 3.63. The highest BCUT2D eigenvalue weighted by Gasteiger charge is 2.74. The zero-order valence-electron chi connectivity index (χ0n) is 15.6. The number of hydrogen-bond acceptors (Lipinski definition) is 2. The summed E-state index contributed by atoms with van der Waals surface area (Å²) in [4.78, 5) is 3.58. The average molecular weight is 411 g/mol. The van der Waals surface area contributed by atoms with E-state index in [-0.39, 0.29) is 30.3 Å². The van der Waals surface area contributed by atoms with Crippen molar-refractivity contribution in [2.75, 3.05) is 7.11 Å². The summed E-state index contributed by atoms with van der Waals surface area (Å²) in [5, 5.41) is 0.402. The maximum atomic E-state index is 14.6. The smallest absolute Gasteiger partial charge is 0.460 e. The number of nitrogens with zero attached hydrogens (tertiary/aromatic N) is 1. The van der Waals surface area contributed by atoms with Gasteiger partial charge in [0.25, 0.3) is 0 Å². The topological polar surface area (TPSA) is 22.1 Å². The van der Waals surface area contributed by atoms with Crippen LogP contribution in [0.1, 0.15) is 43.5 Å². The highest BCUT2D eigenvalue weighted by atomic mass is 19.4. The van der Waals surface area contributed by atoms with Crippen LogP contribution >= 0.6 is 0 Å². The molecule has 0 bridgehead atoms. The summed E-state index contributed by atoms with van der Waals surface area (Å²) < 4.78 is 99.8. The SMILES string of the molecule is CCCc1c(C(F)(F)C(F)(F)C(F)(F)F)nc2ccc(OC)cc2c1CCC. The zero-order chi connectivity index (χ0) is 21.3. The van der Waals surface area contributed by atoms with Crippen molar-refractivity contribution in [2.45, 2.75) is 57.6 Å². The van der Waals surface area contributed by atoms with Gasteiger partial charge in [0, 0.05) is 5.39 Å². The monoisotopic (exact) mass is 411 g/mol. The lowest BCUT2D eigenvalue weighted by atomic mass is 9.90. The van der Waals surface area contributed by atoms with Crippen molar-refractivity contribution in [3.05, 3.63) is 35.0 Å². The molecule has 2 nitrogen and oxygen atoms in total. The van der Waals surface area contributed by atoms with Crippen LogP contribution in [-0.4, -0.2) is 24.2 Å². The third-order valence-corrected chi connectivity index (χ3v) is 4.46. The number of benzene rings is 1. The molecule has 1 heterocycles. The normalized spacial score (nSPS) is 13.2. The lowest BCUT2D eigenvalue weighted by Gasteiger charge is -2.30. The van der Waals surface area contributed by atoms with E-state index in [9.17, 15) is 30.7 Å². The molecular weight excluding hydrogens is 391 g/mol. The summed E-state index contributed by atoms with van der Waals surface area (Å²) in [6.07, 6.45) is -5.54. The Bertz CT molecular complexity index is 846. The predicted molar refractivity (Wildman–Crippen MR) is 91.2 cm³/mol. The van der Waals surface area contributed by atoms with Gasteiger partial charge in [-0.3, -0.25) is 0 Å². The van der Waals surface area contributed by atoms with Crippen molar-refractivity contribution < 1.29 is 35.5 Å². The van der Waals surface area contributed by atoms with Crippen molar-refractivity contribution in [1.82, 2.24) is 4.98 Å². The quantitative estimate of drug-likeness (QED) is 0.490. The van der Waals surface area contributed by atoms with Crippen LogP contribution in [0.3, 0.4) is 0 Å². The van der Waals surface area contributed by atoms with Gasteiger partial charge in [0.05, 0.1) is 12.6 Å². The zero-order valence-corrected chi connectivity index (χ0v) is 15.6. The molecule has 1 aromatic carbocycles. The van der Waals surface area contributed by atoms with E-state index >= 15 is 0 Å². The van der Waals surface area contributed by atoms with Gasteiger partial charge in [-0.05, 0) is 42.2 Å². The van der Waals surface area contributed by atoms with Crippen LogP contribution in [-0.2, 0) is 18.8 Å². The van der Waals surface area contributed by atoms with Crippen LogP contribution in [0.25, 0.3) is 10.9 Å². The Morgan fingerprint density at radius 1 is 0.893 bits per heavy atom. The van der Waals surface area contributed by atoms with E-state index in [1.54, 1.807) is 13.8 Å². The summed E-state index contributed by atoms with van der Waals surface area (Å²) >= 11 is 0. The van der Waals surface area contributed by atoms with Gasteiger partial charge < -0.3 is 4.74 Å². The molecule has 0 N–H and O–H groups in total. The lowest BCUT2D eigenvalue weighted by Crippen LogP contribution is -2.50. The second kappa shape index (κ2) is 7.75. The van der Waals surface area contributed by atoms with Crippen molar-refractivity contribution in [3.8, 4) is 5.75 Å². The Balaban J connectivity index is 2.90. The Morgan fingerprint density at radius 3 is 1.96 bits per heavy atom. The number of alkyl halides is 7. The number of rotatable bonds is 7. The Morgan fingerprint density at radius 2 is 1.46 bits per heavy atom. The maximum Gasteiger partial charge on any atom is 0.460 e. The Kier molecular flexibility index (Phi) is 6.16. The van der Waals surface area contributed by atoms with Gasteiger partial charge in [-0.15, -0.1) is 0 Å². The van der Waals surface area contributed by atoms with Crippen LogP contribution < -0.4 is 4.74 Å². The van der Waals surface area contributed by atoms with E-state index in [0.29, 0.717) is 23.1 Å². The molecule has 156 valence electrons. The first kappa shape index (κ1) is 22.2. The van der Waals surface area contributed by atoms with Crippen molar-refractivity contribution in [1.29, 1.82) is 0 Å². The predicted octanol–water partition coefficient (Wildman–Crippen LogP) is 6.44. The maximum absolute atomic E-state index is 14.6. The van der Waals surface area contributed by atoms with Crippen molar-refractivity contribution in [3.63, 3.8) is 0 Å². The summed E-state index contributed by atoms with van der Waals surface area (Å²) in [6, 6.07) is 4.18. The molecule has 0 unspecified atom stereocenters. The Hall–Kier alpha value is -2.06. The van der Waals surface area contributed by atoms with Crippen LogP contribution in [0.4, 0.5) is 30.7 Å². The number of halogens is 7. The first-order chi connectivity index (χ1) is 12.9. The fourth-order valence-corrected chi connectivity index (χ4v) is 3.12. The number of aryl methyl sites for hydroxylation is 1. The van der Waals surface area contributed by atoms with Crippen molar-refractivity contribution >= 4 is 10.9 Å². The minimum Gasteiger partial charge on any atom is -0.497 e. The molecular formula is C19H20F7NO. The minimum atomic E-state index is -6.42. The number of aromatic nitrogens is 1. The Labute approximate surface area is 157 Å². The van der Waals surface area contributed by atoms with E-state index in [4.69, 9.17) is 4.74 Å². The second-order valence-corrected chi connectivity index (χ2v) is 6.45. The molecule has 0 amide bonds. The molecule has 0 fully saturated rings. The van der Waals surface area contributed by atoms with Gasteiger partial charge in [0.15, 0.2) is 0 Å². The summed E-state index contributed by atoms with van der Waals surface area (Å²) in [5.74, 6) is -11.4. The highest BCUT2D eigenvalue weighted by Crippen LogP contribution is 2.52. The summed E-state index contributed by atoms with van der Waals surface area (Å²) in [7, 11) is 1.40. The molecule has 2 aromatic rings. The average Bonchev–Trinajstić information content (AvgIpc) is 2.61. The van der Waals surface area contributed by atoms with E-state index in [1.165, 1.54) is 25.3 Å². The van der Waals surface area contributed by atoms with Crippen molar-refractivity contribution in [2.24, 2.45) is 0 Å². The molecule has 9 heteroatoms. The summed E-state index contributed by atoms with van der Waals surface area (Å²) in [6.45, 7) is 3.37. The van der Waals surface area contributed by atoms with Gasteiger partial charge in [0.2, 0.25) is 0 Å². The fourth-order valence-electron chi connectivity index (χ4n) is 3.12. The summed E-state index contributed by atoms with van der Waals surface area (Å²) in [5.41, 5.74) is -1.57. The molecule has 28 heavy (non-hydrogen) atoms. The molecule has 0 aliphatic carbocycles. The van der Waals surface area contributed by atoms with Gasteiger partial charge in [-0.1, -0.05) is 26.7 Å². The largest absolute Gasteiger partial charge is 0.497 e. The first-order valence-corrected chi connectivity index (χ1v) is 8.74. The molecule has 0 saturated carbocycles. The van der Waals surface area contributed by atoms with E-state index < -0.39 is 23.7 Å².